The number of nitrogens with zero attached hydrogens (tertiary/aromatic N) is 1. The highest BCUT2D eigenvalue weighted by atomic mass is 16.5. The van der Waals surface area contributed by atoms with Crippen LogP contribution in [0.15, 0.2) is 18.2 Å². The van der Waals surface area contributed by atoms with E-state index in [-0.39, 0.29) is 17.6 Å². The van der Waals surface area contributed by atoms with Crippen LogP contribution in [-0.2, 0) is 11.3 Å². The molecule has 1 amide bonds. The predicted octanol–water partition coefficient (Wildman–Crippen LogP) is 1.36. The number of amides is 1. The molecule has 5 nitrogen and oxygen atoms in total. The van der Waals surface area contributed by atoms with Crippen molar-refractivity contribution in [3.05, 3.63) is 23.8 Å². The highest BCUT2D eigenvalue weighted by Crippen LogP contribution is 2.27. The number of phenols is 1. The molecule has 0 saturated carbocycles. The fourth-order valence-electron chi connectivity index (χ4n) is 2.64. The van der Waals surface area contributed by atoms with Crippen molar-refractivity contribution in [1.29, 1.82) is 0 Å². The van der Waals surface area contributed by atoms with E-state index in [9.17, 15) is 9.90 Å². The molecule has 110 valence electrons. The molecule has 1 heterocycles. The Morgan fingerprint density at radius 3 is 2.75 bits per heavy atom. The zero-order chi connectivity index (χ0) is 14.5. The molecule has 2 rings (SSSR count). The first-order chi connectivity index (χ1) is 9.63. The lowest BCUT2D eigenvalue weighted by molar-refractivity contribution is -0.125. The number of benzene rings is 1. The van der Waals surface area contributed by atoms with Crippen molar-refractivity contribution in [3.8, 4) is 11.5 Å². The molecule has 1 aromatic rings. The summed E-state index contributed by atoms with van der Waals surface area (Å²) in [5, 5.41) is 12.3. The van der Waals surface area contributed by atoms with E-state index in [0.717, 1.165) is 38.0 Å². The SMILES string of the molecule is CNC(=O)C1CCN(Cc2ccc(O)c(OC)c2)CC1. The molecule has 0 aromatic heterocycles. The van der Waals surface area contributed by atoms with Crippen molar-refractivity contribution in [1.82, 2.24) is 10.2 Å². The van der Waals surface area contributed by atoms with Gasteiger partial charge >= 0.3 is 0 Å². The number of hydrogen-bond donors (Lipinski definition) is 2. The third kappa shape index (κ3) is 3.42. The molecule has 20 heavy (non-hydrogen) atoms. The van der Waals surface area contributed by atoms with Gasteiger partial charge in [0.1, 0.15) is 0 Å². The Hall–Kier alpha value is -1.75. The van der Waals surface area contributed by atoms with Crippen LogP contribution in [0.1, 0.15) is 18.4 Å². The molecular formula is C15H22N2O3. The summed E-state index contributed by atoms with van der Waals surface area (Å²) in [5.74, 6) is 0.957. The first kappa shape index (κ1) is 14.7. The van der Waals surface area contributed by atoms with E-state index in [0.29, 0.717) is 5.75 Å². The number of nitrogens with one attached hydrogen (secondary N) is 1. The van der Waals surface area contributed by atoms with Crippen LogP contribution >= 0.6 is 0 Å². The van der Waals surface area contributed by atoms with Crippen LogP contribution < -0.4 is 10.1 Å². The first-order valence-electron chi connectivity index (χ1n) is 6.94. The summed E-state index contributed by atoms with van der Waals surface area (Å²) in [5.41, 5.74) is 1.11. The number of carbonyl (C=O) groups is 1. The predicted molar refractivity (Wildman–Crippen MR) is 76.7 cm³/mol. The van der Waals surface area contributed by atoms with Crippen LogP contribution in [0.2, 0.25) is 0 Å². The average Bonchev–Trinajstić information content (AvgIpc) is 2.49. The third-order valence-electron chi connectivity index (χ3n) is 3.86. The fourth-order valence-corrected chi connectivity index (χ4v) is 2.64. The van der Waals surface area contributed by atoms with Crippen LogP contribution in [0, 0.1) is 5.92 Å². The van der Waals surface area contributed by atoms with E-state index in [1.165, 1.54) is 0 Å². The molecule has 0 unspecified atom stereocenters. The number of hydrogen-bond acceptors (Lipinski definition) is 4. The Balaban J connectivity index is 1.91. The number of likely N-dealkylation sites (tertiary alicyclic amines) is 1. The second-order valence-electron chi connectivity index (χ2n) is 5.17. The van der Waals surface area contributed by atoms with Gasteiger partial charge in [-0.05, 0) is 43.6 Å². The van der Waals surface area contributed by atoms with Gasteiger partial charge < -0.3 is 15.2 Å². The van der Waals surface area contributed by atoms with E-state index in [1.807, 2.05) is 12.1 Å². The standard InChI is InChI=1S/C15H22N2O3/c1-16-15(19)12-5-7-17(8-6-12)10-11-3-4-13(18)14(9-11)20-2/h3-4,9,12,18H,5-8,10H2,1-2H3,(H,16,19). The van der Waals surface area contributed by atoms with Gasteiger partial charge in [0, 0.05) is 19.5 Å². The maximum Gasteiger partial charge on any atom is 0.222 e. The van der Waals surface area contributed by atoms with Crippen molar-refractivity contribution in [2.45, 2.75) is 19.4 Å². The molecule has 5 heteroatoms. The summed E-state index contributed by atoms with van der Waals surface area (Å²) in [4.78, 5) is 13.9. The molecule has 1 aliphatic rings. The molecule has 2 N–H and O–H groups in total. The third-order valence-corrected chi connectivity index (χ3v) is 3.86. The molecule has 1 saturated heterocycles. The van der Waals surface area contributed by atoms with Gasteiger partial charge in [0.2, 0.25) is 5.91 Å². The number of methoxy groups -OCH3 is 1. The van der Waals surface area contributed by atoms with Gasteiger partial charge in [-0.2, -0.15) is 0 Å². The molecule has 0 radical (unpaired) electrons. The van der Waals surface area contributed by atoms with Gasteiger partial charge in [0.05, 0.1) is 7.11 Å². The number of piperidine rings is 1. The number of phenolic OH excluding ortho intramolecular Hbond substituents is 1. The smallest absolute Gasteiger partial charge is 0.222 e. The number of ether oxygens (including phenoxy) is 1. The van der Waals surface area contributed by atoms with Crippen LogP contribution in [0.25, 0.3) is 0 Å². The van der Waals surface area contributed by atoms with E-state index in [1.54, 1.807) is 20.2 Å². The van der Waals surface area contributed by atoms with Crippen molar-refractivity contribution >= 4 is 5.91 Å². The summed E-state index contributed by atoms with van der Waals surface area (Å²) in [6.45, 7) is 2.65. The van der Waals surface area contributed by atoms with E-state index < -0.39 is 0 Å². The van der Waals surface area contributed by atoms with Gasteiger partial charge in [-0.25, -0.2) is 0 Å². The molecule has 0 bridgehead atoms. The second kappa shape index (κ2) is 6.61. The lowest BCUT2D eigenvalue weighted by Crippen LogP contribution is -2.39. The highest BCUT2D eigenvalue weighted by molar-refractivity contribution is 5.78. The first-order valence-corrected chi connectivity index (χ1v) is 6.94. The van der Waals surface area contributed by atoms with Gasteiger partial charge in [0.25, 0.3) is 0 Å². The zero-order valence-corrected chi connectivity index (χ0v) is 12.1. The summed E-state index contributed by atoms with van der Waals surface area (Å²) in [6, 6.07) is 5.42. The second-order valence-corrected chi connectivity index (χ2v) is 5.17. The Kier molecular flexibility index (Phi) is 4.84. The Morgan fingerprint density at radius 1 is 1.45 bits per heavy atom. The Labute approximate surface area is 119 Å². The van der Waals surface area contributed by atoms with Crippen molar-refractivity contribution in [2.75, 3.05) is 27.2 Å². The monoisotopic (exact) mass is 278 g/mol. The van der Waals surface area contributed by atoms with Crippen LogP contribution in [0.5, 0.6) is 11.5 Å². The molecule has 1 fully saturated rings. The minimum Gasteiger partial charge on any atom is -0.504 e. The lowest BCUT2D eigenvalue weighted by atomic mass is 9.95. The zero-order valence-electron chi connectivity index (χ0n) is 12.1. The van der Waals surface area contributed by atoms with Crippen LogP contribution in [0.3, 0.4) is 0 Å². The minimum atomic E-state index is 0.144. The number of aromatic hydroxyl groups is 1. The molecule has 1 aliphatic heterocycles. The van der Waals surface area contributed by atoms with Gasteiger partial charge in [-0.1, -0.05) is 6.07 Å². The fraction of sp³-hybridized carbons (Fsp3) is 0.533. The summed E-state index contributed by atoms with van der Waals surface area (Å²) in [6.07, 6.45) is 1.80. The number of carbonyl (C=O) groups excluding carboxylic acids is 1. The molecular weight excluding hydrogens is 256 g/mol. The highest BCUT2D eigenvalue weighted by Gasteiger charge is 2.24. The molecule has 0 atom stereocenters. The molecule has 0 aliphatic carbocycles. The van der Waals surface area contributed by atoms with E-state index in [2.05, 4.69) is 10.2 Å². The summed E-state index contributed by atoms with van der Waals surface area (Å²) < 4.78 is 5.12. The van der Waals surface area contributed by atoms with Crippen LogP contribution in [-0.4, -0.2) is 43.2 Å². The topological polar surface area (TPSA) is 61.8 Å². The van der Waals surface area contributed by atoms with E-state index >= 15 is 0 Å². The normalized spacial score (nSPS) is 16.9. The maximum atomic E-state index is 11.6. The van der Waals surface area contributed by atoms with Gasteiger partial charge in [-0.15, -0.1) is 0 Å². The van der Waals surface area contributed by atoms with Crippen molar-refractivity contribution in [3.63, 3.8) is 0 Å². The quantitative estimate of drug-likeness (QED) is 0.873. The van der Waals surface area contributed by atoms with Gasteiger partial charge in [-0.3, -0.25) is 9.69 Å². The number of rotatable bonds is 4. The van der Waals surface area contributed by atoms with Crippen LogP contribution in [0.4, 0.5) is 0 Å². The molecule has 0 spiro atoms. The minimum absolute atomic E-state index is 0.144. The Bertz CT molecular complexity index is 468. The largest absolute Gasteiger partial charge is 0.504 e. The average molecular weight is 278 g/mol. The van der Waals surface area contributed by atoms with Gasteiger partial charge in [0.15, 0.2) is 11.5 Å². The summed E-state index contributed by atoms with van der Waals surface area (Å²) in [7, 11) is 3.24. The molecule has 1 aromatic carbocycles. The lowest BCUT2D eigenvalue weighted by Gasteiger charge is -2.31. The van der Waals surface area contributed by atoms with Crippen molar-refractivity contribution in [2.24, 2.45) is 5.92 Å². The summed E-state index contributed by atoms with van der Waals surface area (Å²) >= 11 is 0. The van der Waals surface area contributed by atoms with Crippen molar-refractivity contribution < 1.29 is 14.6 Å². The Morgan fingerprint density at radius 2 is 2.15 bits per heavy atom. The van der Waals surface area contributed by atoms with E-state index in [4.69, 9.17) is 4.74 Å². The maximum absolute atomic E-state index is 11.6.